The van der Waals surface area contributed by atoms with E-state index in [2.05, 4.69) is 0 Å². The Hall–Kier alpha value is 0.470. The molecular formula is C4H6Cl2OS. The minimum Gasteiger partial charge on any atom is -0.255 e. The van der Waals surface area contributed by atoms with Crippen LogP contribution in [-0.2, 0) is 10.8 Å². The van der Waals surface area contributed by atoms with Gasteiger partial charge in [0.1, 0.15) is 4.49 Å². The summed E-state index contributed by atoms with van der Waals surface area (Å²) < 4.78 is 10.6. The molecule has 0 aromatic rings. The molecule has 0 saturated carbocycles. The summed E-state index contributed by atoms with van der Waals surface area (Å²) in [6.07, 6.45) is 0. The molecule has 0 rings (SSSR count). The Labute approximate surface area is 61.1 Å². The van der Waals surface area contributed by atoms with Crippen LogP contribution in [0.4, 0.5) is 0 Å². The molecule has 0 radical (unpaired) electrons. The van der Waals surface area contributed by atoms with Crippen LogP contribution in [0.15, 0.2) is 9.90 Å². The first-order valence-corrected chi connectivity index (χ1v) is 4.20. The molecule has 0 aliphatic rings. The molecule has 0 N–H and O–H groups in total. The first-order valence-electron chi connectivity index (χ1n) is 2.06. The highest BCUT2D eigenvalue weighted by Gasteiger charge is 1.88. The number of halogens is 2. The van der Waals surface area contributed by atoms with E-state index in [1.54, 1.807) is 6.92 Å². The Kier molecular flexibility index (Phi) is 4.61. The molecule has 0 saturated heterocycles. The quantitative estimate of drug-likeness (QED) is 0.624. The SMILES string of the molecule is CCS(=O)C=C(Cl)Cl. The molecular weight excluding hydrogens is 167 g/mol. The van der Waals surface area contributed by atoms with Gasteiger partial charge < -0.3 is 0 Å². The van der Waals surface area contributed by atoms with E-state index >= 15 is 0 Å². The summed E-state index contributed by atoms with van der Waals surface area (Å²) in [5.41, 5.74) is 0. The first kappa shape index (κ1) is 8.47. The van der Waals surface area contributed by atoms with Crippen molar-refractivity contribution in [1.82, 2.24) is 0 Å². The van der Waals surface area contributed by atoms with Crippen molar-refractivity contribution < 1.29 is 4.21 Å². The third-order valence-electron chi connectivity index (χ3n) is 0.505. The fourth-order valence-corrected chi connectivity index (χ4v) is 1.14. The standard InChI is InChI=1S/C4H6Cl2OS/c1-2-8(7)3-4(5)6/h3H,2H2,1H3. The van der Waals surface area contributed by atoms with E-state index in [1.807, 2.05) is 0 Å². The van der Waals surface area contributed by atoms with Crippen LogP contribution in [-0.4, -0.2) is 9.96 Å². The molecule has 0 aliphatic carbocycles. The van der Waals surface area contributed by atoms with Crippen LogP contribution < -0.4 is 0 Å². The van der Waals surface area contributed by atoms with E-state index in [4.69, 9.17) is 23.2 Å². The van der Waals surface area contributed by atoms with Crippen molar-refractivity contribution in [2.75, 3.05) is 5.75 Å². The summed E-state index contributed by atoms with van der Waals surface area (Å²) in [7, 11) is -0.983. The molecule has 0 spiro atoms. The first-order chi connectivity index (χ1) is 3.66. The lowest BCUT2D eigenvalue weighted by molar-refractivity contribution is 0.689. The Morgan fingerprint density at radius 3 is 2.38 bits per heavy atom. The summed E-state index contributed by atoms with van der Waals surface area (Å²) >= 11 is 10.4. The lowest BCUT2D eigenvalue weighted by Gasteiger charge is -1.83. The van der Waals surface area contributed by atoms with Crippen LogP contribution in [0.3, 0.4) is 0 Å². The number of rotatable bonds is 2. The van der Waals surface area contributed by atoms with Crippen LogP contribution in [0.5, 0.6) is 0 Å². The third kappa shape index (κ3) is 4.62. The Morgan fingerprint density at radius 1 is 1.75 bits per heavy atom. The van der Waals surface area contributed by atoms with E-state index in [0.29, 0.717) is 5.75 Å². The maximum Gasteiger partial charge on any atom is 0.115 e. The van der Waals surface area contributed by atoms with Gasteiger partial charge in [-0.15, -0.1) is 0 Å². The van der Waals surface area contributed by atoms with E-state index < -0.39 is 10.8 Å². The van der Waals surface area contributed by atoms with Crippen molar-refractivity contribution >= 4 is 34.0 Å². The highest BCUT2D eigenvalue weighted by atomic mass is 35.5. The van der Waals surface area contributed by atoms with Crippen LogP contribution >= 0.6 is 23.2 Å². The lowest BCUT2D eigenvalue weighted by atomic mass is 11.0. The predicted octanol–water partition coefficient (Wildman–Crippen LogP) is 2.03. The van der Waals surface area contributed by atoms with Gasteiger partial charge in [-0.2, -0.15) is 0 Å². The van der Waals surface area contributed by atoms with E-state index in [0.717, 1.165) is 0 Å². The van der Waals surface area contributed by atoms with Gasteiger partial charge in [0.25, 0.3) is 0 Å². The fourth-order valence-electron chi connectivity index (χ4n) is 0.183. The van der Waals surface area contributed by atoms with Gasteiger partial charge in [-0.1, -0.05) is 30.1 Å². The van der Waals surface area contributed by atoms with Gasteiger partial charge in [0.2, 0.25) is 0 Å². The zero-order chi connectivity index (χ0) is 6.57. The topological polar surface area (TPSA) is 17.1 Å². The van der Waals surface area contributed by atoms with Gasteiger partial charge in [0.05, 0.1) is 0 Å². The summed E-state index contributed by atoms with van der Waals surface area (Å²) in [5, 5.41) is 1.31. The maximum atomic E-state index is 10.5. The zero-order valence-corrected chi connectivity index (χ0v) is 6.69. The van der Waals surface area contributed by atoms with Crippen molar-refractivity contribution in [2.45, 2.75) is 6.92 Å². The van der Waals surface area contributed by atoms with Crippen molar-refractivity contribution in [3.8, 4) is 0 Å². The van der Waals surface area contributed by atoms with Gasteiger partial charge >= 0.3 is 0 Å². The highest BCUT2D eigenvalue weighted by Crippen LogP contribution is 2.06. The van der Waals surface area contributed by atoms with Gasteiger partial charge in [-0.05, 0) is 0 Å². The summed E-state index contributed by atoms with van der Waals surface area (Å²) in [6.45, 7) is 1.79. The molecule has 0 amide bonds. The van der Waals surface area contributed by atoms with Gasteiger partial charge in [-0.3, -0.25) is 4.21 Å². The molecule has 0 aromatic carbocycles. The zero-order valence-electron chi connectivity index (χ0n) is 4.36. The highest BCUT2D eigenvalue weighted by molar-refractivity contribution is 7.88. The molecule has 1 atom stereocenters. The van der Waals surface area contributed by atoms with Crippen LogP contribution in [0, 0.1) is 0 Å². The van der Waals surface area contributed by atoms with Crippen LogP contribution in [0.25, 0.3) is 0 Å². The largest absolute Gasteiger partial charge is 0.255 e. The molecule has 0 aromatic heterocycles. The second-order valence-electron chi connectivity index (χ2n) is 1.08. The predicted molar refractivity (Wildman–Crippen MR) is 38.5 cm³/mol. The lowest BCUT2D eigenvalue weighted by Crippen LogP contribution is -1.84. The minimum absolute atomic E-state index is 0.0742. The normalized spacial score (nSPS) is 12.9. The molecule has 0 fully saturated rings. The van der Waals surface area contributed by atoms with E-state index in [1.165, 1.54) is 5.41 Å². The molecule has 0 aliphatic heterocycles. The molecule has 8 heavy (non-hydrogen) atoms. The molecule has 1 unspecified atom stereocenters. The summed E-state index contributed by atoms with van der Waals surface area (Å²) in [6, 6.07) is 0. The number of hydrogen-bond acceptors (Lipinski definition) is 1. The van der Waals surface area contributed by atoms with E-state index in [-0.39, 0.29) is 4.49 Å². The van der Waals surface area contributed by atoms with Crippen molar-refractivity contribution in [2.24, 2.45) is 0 Å². The van der Waals surface area contributed by atoms with Gasteiger partial charge in [-0.25, -0.2) is 0 Å². The Balaban J connectivity index is 3.70. The Bertz CT molecular complexity index is 117. The van der Waals surface area contributed by atoms with Crippen molar-refractivity contribution in [3.05, 3.63) is 9.90 Å². The molecule has 0 bridgehead atoms. The summed E-state index contributed by atoms with van der Waals surface area (Å²) in [5.74, 6) is 0.558. The summed E-state index contributed by atoms with van der Waals surface area (Å²) in [4.78, 5) is 0. The minimum atomic E-state index is -0.983. The van der Waals surface area contributed by atoms with Crippen molar-refractivity contribution in [1.29, 1.82) is 0 Å². The number of hydrogen-bond donors (Lipinski definition) is 0. The monoisotopic (exact) mass is 172 g/mol. The second-order valence-corrected chi connectivity index (χ2v) is 3.66. The molecule has 1 nitrogen and oxygen atoms in total. The van der Waals surface area contributed by atoms with Gasteiger partial charge in [0.15, 0.2) is 0 Å². The van der Waals surface area contributed by atoms with E-state index in [9.17, 15) is 4.21 Å². The van der Waals surface area contributed by atoms with Gasteiger partial charge in [0, 0.05) is 22.0 Å². The third-order valence-corrected chi connectivity index (χ3v) is 2.05. The average molecular weight is 173 g/mol. The molecule has 4 heteroatoms. The second kappa shape index (κ2) is 4.36. The van der Waals surface area contributed by atoms with Crippen LogP contribution in [0.2, 0.25) is 0 Å². The maximum absolute atomic E-state index is 10.5. The Morgan fingerprint density at radius 2 is 2.25 bits per heavy atom. The van der Waals surface area contributed by atoms with Crippen LogP contribution in [0.1, 0.15) is 6.92 Å². The fraction of sp³-hybridized carbons (Fsp3) is 0.500. The smallest absolute Gasteiger partial charge is 0.115 e. The molecule has 0 heterocycles. The average Bonchev–Trinajstić information content (AvgIpc) is 1.65. The van der Waals surface area contributed by atoms with Crippen molar-refractivity contribution in [3.63, 3.8) is 0 Å². The molecule has 48 valence electrons.